The van der Waals surface area contributed by atoms with Gasteiger partial charge in [0.05, 0.1) is 11.1 Å². The van der Waals surface area contributed by atoms with Crippen LogP contribution in [0.3, 0.4) is 0 Å². The number of nitrogens with one attached hydrogen (secondary N) is 2. The fourth-order valence-corrected chi connectivity index (χ4v) is 3.28. The number of aromatic nitrogens is 2. The largest absolute Gasteiger partial charge is 0.369 e. The van der Waals surface area contributed by atoms with Crippen LogP contribution in [0.4, 0.5) is 11.8 Å². The van der Waals surface area contributed by atoms with Gasteiger partial charge in [-0.15, -0.1) is 11.3 Å². The third-order valence-electron chi connectivity index (χ3n) is 2.84. The van der Waals surface area contributed by atoms with Crippen molar-refractivity contribution in [3.05, 3.63) is 11.4 Å². The molecule has 0 aliphatic heterocycles. The quantitative estimate of drug-likeness (QED) is 0.724. The van der Waals surface area contributed by atoms with Gasteiger partial charge in [-0.1, -0.05) is 6.92 Å². The molecule has 0 bridgehead atoms. The van der Waals surface area contributed by atoms with Gasteiger partial charge in [-0.2, -0.15) is 4.98 Å². The SMILES string of the molecule is CCCNc1nc(NCCCS(C)(=O)=O)c2ccsc2n1. The van der Waals surface area contributed by atoms with E-state index in [1.54, 1.807) is 11.3 Å². The highest BCUT2D eigenvalue weighted by Gasteiger charge is 2.09. The average molecular weight is 328 g/mol. The number of anilines is 2. The zero-order chi connectivity index (χ0) is 15.3. The predicted octanol–water partition coefficient (Wildman–Crippen LogP) is 2.36. The summed E-state index contributed by atoms with van der Waals surface area (Å²) in [6.07, 6.45) is 2.82. The van der Waals surface area contributed by atoms with Crippen molar-refractivity contribution in [3.63, 3.8) is 0 Å². The first kappa shape index (κ1) is 16.0. The minimum absolute atomic E-state index is 0.179. The van der Waals surface area contributed by atoms with Gasteiger partial charge in [-0.25, -0.2) is 13.4 Å². The standard InChI is InChI=1S/C13H20N4O2S2/c1-3-6-15-13-16-11(10-5-8-20-12(10)17-13)14-7-4-9-21(2,18)19/h5,8H,3-4,6-7,9H2,1-2H3,(H2,14,15,16,17). The summed E-state index contributed by atoms with van der Waals surface area (Å²) in [5.74, 6) is 1.55. The smallest absolute Gasteiger partial charge is 0.226 e. The maximum Gasteiger partial charge on any atom is 0.226 e. The summed E-state index contributed by atoms with van der Waals surface area (Å²) in [6, 6.07) is 1.97. The highest BCUT2D eigenvalue weighted by molar-refractivity contribution is 7.90. The lowest BCUT2D eigenvalue weighted by molar-refractivity contribution is 0.600. The normalized spacial score (nSPS) is 11.7. The van der Waals surface area contributed by atoms with Crippen LogP contribution in [0.2, 0.25) is 0 Å². The van der Waals surface area contributed by atoms with Crippen molar-refractivity contribution < 1.29 is 8.42 Å². The zero-order valence-electron chi connectivity index (χ0n) is 12.2. The van der Waals surface area contributed by atoms with Crippen LogP contribution in [0.5, 0.6) is 0 Å². The highest BCUT2D eigenvalue weighted by Crippen LogP contribution is 2.26. The van der Waals surface area contributed by atoms with Crippen LogP contribution in [-0.4, -0.2) is 43.5 Å². The van der Waals surface area contributed by atoms with Crippen molar-refractivity contribution in [1.29, 1.82) is 0 Å². The van der Waals surface area contributed by atoms with Gasteiger partial charge in [-0.3, -0.25) is 0 Å². The summed E-state index contributed by atoms with van der Waals surface area (Å²) in [6.45, 7) is 3.48. The zero-order valence-corrected chi connectivity index (χ0v) is 13.9. The van der Waals surface area contributed by atoms with Crippen LogP contribution in [0.25, 0.3) is 10.2 Å². The molecule has 116 valence electrons. The fourth-order valence-electron chi connectivity index (χ4n) is 1.85. The maximum atomic E-state index is 11.1. The van der Waals surface area contributed by atoms with Gasteiger partial charge in [0.15, 0.2) is 0 Å². The van der Waals surface area contributed by atoms with Gasteiger partial charge in [0.2, 0.25) is 5.95 Å². The third kappa shape index (κ3) is 4.82. The Bertz CT molecular complexity index is 697. The van der Waals surface area contributed by atoms with Crippen molar-refractivity contribution in [2.24, 2.45) is 0 Å². The molecule has 0 aliphatic rings. The van der Waals surface area contributed by atoms with Crippen LogP contribution >= 0.6 is 11.3 Å². The van der Waals surface area contributed by atoms with E-state index in [1.807, 2.05) is 11.4 Å². The number of fused-ring (bicyclic) bond motifs is 1. The Kier molecular flexibility index (Phi) is 5.35. The van der Waals surface area contributed by atoms with Gasteiger partial charge < -0.3 is 10.6 Å². The molecule has 0 radical (unpaired) electrons. The van der Waals surface area contributed by atoms with E-state index >= 15 is 0 Å². The second-order valence-corrected chi connectivity index (χ2v) is 8.03. The first-order valence-corrected chi connectivity index (χ1v) is 9.84. The third-order valence-corrected chi connectivity index (χ3v) is 4.68. The van der Waals surface area contributed by atoms with E-state index < -0.39 is 9.84 Å². The lowest BCUT2D eigenvalue weighted by atomic mass is 10.3. The van der Waals surface area contributed by atoms with E-state index in [-0.39, 0.29) is 5.75 Å². The molecule has 0 unspecified atom stereocenters. The molecule has 2 rings (SSSR count). The van der Waals surface area contributed by atoms with Gasteiger partial charge in [0.25, 0.3) is 0 Å². The summed E-state index contributed by atoms with van der Waals surface area (Å²) < 4.78 is 22.2. The van der Waals surface area contributed by atoms with E-state index in [0.29, 0.717) is 18.9 Å². The van der Waals surface area contributed by atoms with Crippen molar-refractivity contribution in [3.8, 4) is 0 Å². The molecule has 2 aromatic rings. The lowest BCUT2D eigenvalue weighted by Gasteiger charge is -2.09. The van der Waals surface area contributed by atoms with Crippen molar-refractivity contribution in [2.75, 3.05) is 35.7 Å². The van der Waals surface area contributed by atoms with E-state index in [2.05, 4.69) is 27.5 Å². The summed E-state index contributed by atoms with van der Waals surface area (Å²) >= 11 is 1.57. The topological polar surface area (TPSA) is 84.0 Å². The number of sulfone groups is 1. The molecule has 2 aromatic heterocycles. The van der Waals surface area contributed by atoms with Gasteiger partial charge >= 0.3 is 0 Å². The Morgan fingerprint density at radius 3 is 2.76 bits per heavy atom. The second kappa shape index (κ2) is 7.04. The molecule has 0 atom stereocenters. The molecule has 0 fully saturated rings. The van der Waals surface area contributed by atoms with E-state index in [0.717, 1.165) is 29.0 Å². The Labute approximate surface area is 128 Å². The Balaban J connectivity index is 2.08. The van der Waals surface area contributed by atoms with E-state index in [1.165, 1.54) is 6.26 Å². The van der Waals surface area contributed by atoms with Gasteiger partial charge in [0, 0.05) is 19.3 Å². The number of nitrogens with zero attached hydrogens (tertiary/aromatic N) is 2. The van der Waals surface area contributed by atoms with Crippen molar-refractivity contribution in [2.45, 2.75) is 19.8 Å². The van der Waals surface area contributed by atoms with E-state index in [9.17, 15) is 8.42 Å². The molecule has 0 amide bonds. The molecule has 0 spiro atoms. The first-order chi connectivity index (χ1) is 9.99. The summed E-state index contributed by atoms with van der Waals surface area (Å²) in [7, 11) is -2.91. The monoisotopic (exact) mass is 328 g/mol. The van der Waals surface area contributed by atoms with Crippen molar-refractivity contribution in [1.82, 2.24) is 9.97 Å². The Morgan fingerprint density at radius 2 is 2.05 bits per heavy atom. The predicted molar refractivity (Wildman–Crippen MR) is 89.0 cm³/mol. The summed E-state index contributed by atoms with van der Waals surface area (Å²) in [5.41, 5.74) is 0. The van der Waals surface area contributed by atoms with Crippen LogP contribution in [0.1, 0.15) is 19.8 Å². The maximum absolute atomic E-state index is 11.1. The average Bonchev–Trinajstić information content (AvgIpc) is 2.88. The lowest BCUT2D eigenvalue weighted by Crippen LogP contribution is -2.12. The van der Waals surface area contributed by atoms with Crippen LogP contribution in [0.15, 0.2) is 11.4 Å². The van der Waals surface area contributed by atoms with Crippen LogP contribution in [0, 0.1) is 0 Å². The molecule has 2 N–H and O–H groups in total. The number of rotatable bonds is 8. The first-order valence-electron chi connectivity index (χ1n) is 6.90. The molecule has 8 heteroatoms. The summed E-state index contributed by atoms with van der Waals surface area (Å²) in [5, 5.41) is 9.34. The van der Waals surface area contributed by atoms with Gasteiger partial charge in [0.1, 0.15) is 20.5 Å². The molecule has 21 heavy (non-hydrogen) atoms. The minimum Gasteiger partial charge on any atom is -0.369 e. The Morgan fingerprint density at radius 1 is 1.24 bits per heavy atom. The number of hydrogen-bond donors (Lipinski definition) is 2. The molecular formula is C13H20N4O2S2. The van der Waals surface area contributed by atoms with Crippen molar-refractivity contribution >= 4 is 43.2 Å². The second-order valence-electron chi connectivity index (χ2n) is 4.87. The van der Waals surface area contributed by atoms with Gasteiger partial charge in [-0.05, 0) is 24.3 Å². The fraction of sp³-hybridized carbons (Fsp3) is 0.538. The van der Waals surface area contributed by atoms with Crippen LogP contribution in [-0.2, 0) is 9.84 Å². The molecule has 6 nitrogen and oxygen atoms in total. The molecule has 0 aromatic carbocycles. The number of thiophene rings is 1. The number of hydrogen-bond acceptors (Lipinski definition) is 7. The molecule has 0 saturated carbocycles. The molecule has 2 heterocycles. The summed E-state index contributed by atoms with van der Waals surface area (Å²) in [4.78, 5) is 9.86. The Hall–Kier alpha value is -1.41. The van der Waals surface area contributed by atoms with E-state index in [4.69, 9.17) is 0 Å². The minimum atomic E-state index is -2.91. The highest BCUT2D eigenvalue weighted by atomic mass is 32.2. The molecular weight excluding hydrogens is 308 g/mol. The van der Waals surface area contributed by atoms with Crippen LogP contribution < -0.4 is 10.6 Å². The molecule has 0 aliphatic carbocycles. The molecule has 0 saturated heterocycles.